The number of ether oxygens (including phenoxy) is 2. The molecule has 8 nitrogen and oxygen atoms in total. The summed E-state index contributed by atoms with van der Waals surface area (Å²) in [6.07, 6.45) is 1.47. The van der Waals surface area contributed by atoms with Gasteiger partial charge in [-0.3, -0.25) is 4.79 Å². The number of para-hydroxylation sites is 2. The second-order valence-corrected chi connectivity index (χ2v) is 9.62. The van der Waals surface area contributed by atoms with Crippen LogP contribution in [-0.2, 0) is 11.4 Å². The number of carbonyl (C=O) groups is 1. The van der Waals surface area contributed by atoms with Crippen molar-refractivity contribution in [2.75, 3.05) is 17.7 Å². The number of hydrogen-bond acceptors (Lipinski definition) is 6. The minimum absolute atomic E-state index is 0.287. The highest BCUT2D eigenvalue weighted by Gasteiger charge is 2.35. The van der Waals surface area contributed by atoms with Crippen LogP contribution in [0.5, 0.6) is 11.5 Å². The highest BCUT2D eigenvalue weighted by atomic mass is 79.9. The monoisotopic (exact) mass is 559 g/mol. The van der Waals surface area contributed by atoms with Gasteiger partial charge in [-0.05, 0) is 49.7 Å². The SMILES string of the molecule is COc1ccccc1NC(=O)C1=C(C)Nc2ncnn2C1c1cc(Br)ccc1OCc1ccc(C)cc1. The molecule has 1 aliphatic rings. The quantitative estimate of drug-likeness (QED) is 0.294. The lowest BCUT2D eigenvalue weighted by Gasteiger charge is -2.30. The molecule has 1 aliphatic heterocycles. The Kier molecular flexibility index (Phi) is 6.96. The molecule has 9 heteroatoms. The zero-order valence-electron chi connectivity index (χ0n) is 20.7. The molecule has 0 aliphatic carbocycles. The van der Waals surface area contributed by atoms with Gasteiger partial charge in [0.2, 0.25) is 5.95 Å². The molecule has 1 atom stereocenters. The molecular weight excluding hydrogens is 534 g/mol. The van der Waals surface area contributed by atoms with E-state index in [1.807, 2.05) is 49.4 Å². The number of anilines is 2. The summed E-state index contributed by atoms with van der Waals surface area (Å²) in [7, 11) is 1.57. The van der Waals surface area contributed by atoms with Crippen LogP contribution in [0.4, 0.5) is 11.6 Å². The van der Waals surface area contributed by atoms with Crippen molar-refractivity contribution in [3.63, 3.8) is 0 Å². The molecule has 188 valence electrons. The summed E-state index contributed by atoms with van der Waals surface area (Å²) in [5, 5.41) is 10.7. The van der Waals surface area contributed by atoms with Crippen LogP contribution >= 0.6 is 15.9 Å². The molecule has 2 N–H and O–H groups in total. The number of amides is 1. The summed E-state index contributed by atoms with van der Waals surface area (Å²) in [6.45, 7) is 4.29. The fraction of sp³-hybridized carbons (Fsp3) is 0.179. The van der Waals surface area contributed by atoms with Crippen LogP contribution in [-0.4, -0.2) is 27.8 Å². The van der Waals surface area contributed by atoms with Crippen molar-refractivity contribution >= 4 is 33.5 Å². The van der Waals surface area contributed by atoms with Crippen LogP contribution in [0.25, 0.3) is 0 Å². The fourth-order valence-corrected chi connectivity index (χ4v) is 4.70. The lowest BCUT2D eigenvalue weighted by atomic mass is 9.94. The minimum atomic E-state index is -0.584. The Morgan fingerprint density at radius 2 is 1.86 bits per heavy atom. The number of methoxy groups -OCH3 is 1. The maximum atomic E-state index is 13.8. The van der Waals surface area contributed by atoms with E-state index in [0.29, 0.717) is 41.0 Å². The molecule has 4 aromatic rings. The molecule has 1 amide bonds. The Balaban J connectivity index is 1.55. The topological polar surface area (TPSA) is 90.3 Å². The largest absolute Gasteiger partial charge is 0.495 e. The first-order valence-corrected chi connectivity index (χ1v) is 12.5. The van der Waals surface area contributed by atoms with E-state index < -0.39 is 6.04 Å². The first-order valence-electron chi connectivity index (χ1n) is 11.7. The van der Waals surface area contributed by atoms with Gasteiger partial charge >= 0.3 is 0 Å². The van der Waals surface area contributed by atoms with Crippen LogP contribution in [0.15, 0.2) is 88.8 Å². The van der Waals surface area contributed by atoms with Crippen LogP contribution in [0.1, 0.15) is 29.7 Å². The first kappa shape index (κ1) is 24.6. The Bertz CT molecular complexity index is 1480. The van der Waals surface area contributed by atoms with E-state index in [-0.39, 0.29) is 5.91 Å². The number of carbonyl (C=O) groups excluding carboxylic acids is 1. The number of benzene rings is 3. The summed E-state index contributed by atoms with van der Waals surface area (Å²) in [6, 6.07) is 20.7. The number of fused-ring (bicyclic) bond motifs is 1. The molecule has 0 spiro atoms. The lowest BCUT2D eigenvalue weighted by molar-refractivity contribution is -0.113. The van der Waals surface area contributed by atoms with Crippen molar-refractivity contribution in [1.82, 2.24) is 14.8 Å². The van der Waals surface area contributed by atoms with Gasteiger partial charge < -0.3 is 20.1 Å². The molecule has 0 radical (unpaired) electrons. The number of hydrogen-bond donors (Lipinski definition) is 2. The van der Waals surface area contributed by atoms with Crippen molar-refractivity contribution in [2.24, 2.45) is 0 Å². The molecule has 5 rings (SSSR count). The third kappa shape index (κ3) is 5.08. The Hall–Kier alpha value is -4.11. The first-order chi connectivity index (χ1) is 17.9. The zero-order valence-corrected chi connectivity index (χ0v) is 22.2. The summed E-state index contributed by atoms with van der Waals surface area (Å²) >= 11 is 3.59. The summed E-state index contributed by atoms with van der Waals surface area (Å²) < 4.78 is 14.3. The predicted octanol–water partition coefficient (Wildman–Crippen LogP) is 5.86. The minimum Gasteiger partial charge on any atom is -0.495 e. The smallest absolute Gasteiger partial charge is 0.255 e. The van der Waals surface area contributed by atoms with Gasteiger partial charge in [-0.15, -0.1) is 0 Å². The standard InChI is InChI=1S/C28H26BrN5O3/c1-17-8-10-19(11-9-17)15-37-23-13-12-20(29)14-21(23)26-25(18(2)32-28-30-16-31-34(26)28)27(35)33-22-6-4-5-7-24(22)36-3/h4-14,16,26H,15H2,1-3H3,(H,33,35)(H,30,31,32). The number of aromatic nitrogens is 3. The van der Waals surface area contributed by atoms with E-state index in [4.69, 9.17) is 9.47 Å². The van der Waals surface area contributed by atoms with E-state index in [9.17, 15) is 4.79 Å². The zero-order chi connectivity index (χ0) is 25.9. The van der Waals surface area contributed by atoms with Crippen molar-refractivity contribution in [2.45, 2.75) is 26.5 Å². The molecule has 0 fully saturated rings. The Labute approximate surface area is 223 Å². The highest BCUT2D eigenvalue weighted by molar-refractivity contribution is 9.10. The molecular formula is C28H26BrN5O3. The molecule has 1 aromatic heterocycles. The van der Waals surface area contributed by atoms with Gasteiger partial charge in [0.05, 0.1) is 18.4 Å². The number of allylic oxidation sites excluding steroid dienone is 1. The predicted molar refractivity (Wildman–Crippen MR) is 146 cm³/mol. The number of aryl methyl sites for hydroxylation is 1. The Morgan fingerprint density at radius 1 is 1.08 bits per heavy atom. The molecule has 3 aromatic carbocycles. The summed E-state index contributed by atoms with van der Waals surface area (Å²) in [5.74, 6) is 1.47. The molecule has 0 saturated heterocycles. The molecule has 1 unspecified atom stereocenters. The molecule has 2 heterocycles. The maximum Gasteiger partial charge on any atom is 0.255 e. The fourth-order valence-electron chi connectivity index (χ4n) is 4.32. The van der Waals surface area contributed by atoms with Gasteiger partial charge in [0.25, 0.3) is 5.91 Å². The van der Waals surface area contributed by atoms with Crippen LogP contribution in [0.3, 0.4) is 0 Å². The van der Waals surface area contributed by atoms with Gasteiger partial charge in [-0.2, -0.15) is 10.1 Å². The maximum absolute atomic E-state index is 13.8. The van der Waals surface area contributed by atoms with Gasteiger partial charge in [0, 0.05) is 15.7 Å². The van der Waals surface area contributed by atoms with Crippen molar-refractivity contribution in [1.29, 1.82) is 0 Å². The van der Waals surface area contributed by atoms with Crippen molar-refractivity contribution < 1.29 is 14.3 Å². The van der Waals surface area contributed by atoms with E-state index in [1.54, 1.807) is 23.9 Å². The van der Waals surface area contributed by atoms with Gasteiger partial charge in [-0.1, -0.05) is 57.9 Å². The van der Waals surface area contributed by atoms with E-state index in [1.165, 1.54) is 11.9 Å². The van der Waals surface area contributed by atoms with Crippen molar-refractivity contribution in [3.8, 4) is 11.5 Å². The third-order valence-electron chi connectivity index (χ3n) is 6.18. The molecule has 0 bridgehead atoms. The third-order valence-corrected chi connectivity index (χ3v) is 6.67. The van der Waals surface area contributed by atoms with Gasteiger partial charge in [0.1, 0.15) is 30.5 Å². The number of halogens is 1. The van der Waals surface area contributed by atoms with E-state index >= 15 is 0 Å². The summed E-state index contributed by atoms with van der Waals surface area (Å²) in [5.41, 5.74) is 4.74. The van der Waals surface area contributed by atoms with Gasteiger partial charge in [-0.25, -0.2) is 4.68 Å². The number of nitrogens with zero attached hydrogens (tertiary/aromatic N) is 3. The summed E-state index contributed by atoms with van der Waals surface area (Å²) in [4.78, 5) is 18.1. The van der Waals surface area contributed by atoms with Crippen LogP contribution in [0, 0.1) is 6.92 Å². The molecule has 37 heavy (non-hydrogen) atoms. The lowest BCUT2D eigenvalue weighted by Crippen LogP contribution is -2.32. The second-order valence-electron chi connectivity index (χ2n) is 8.71. The number of nitrogens with one attached hydrogen (secondary N) is 2. The highest BCUT2D eigenvalue weighted by Crippen LogP contribution is 2.41. The Morgan fingerprint density at radius 3 is 2.65 bits per heavy atom. The normalized spacial score (nSPS) is 14.5. The van der Waals surface area contributed by atoms with E-state index in [2.05, 4.69) is 55.7 Å². The second kappa shape index (κ2) is 10.5. The average molecular weight is 560 g/mol. The van der Waals surface area contributed by atoms with E-state index in [0.717, 1.165) is 15.6 Å². The van der Waals surface area contributed by atoms with Crippen LogP contribution < -0.4 is 20.1 Å². The average Bonchev–Trinajstić information content (AvgIpc) is 3.36. The van der Waals surface area contributed by atoms with Crippen LogP contribution in [0.2, 0.25) is 0 Å². The van der Waals surface area contributed by atoms with Gasteiger partial charge in [0.15, 0.2) is 0 Å². The van der Waals surface area contributed by atoms with Crippen molar-refractivity contribution in [3.05, 3.63) is 105 Å². The molecule has 0 saturated carbocycles. The number of rotatable bonds is 7.